The zero-order valence-corrected chi connectivity index (χ0v) is 12.7. The van der Waals surface area contributed by atoms with Crippen LogP contribution in [0.2, 0.25) is 0 Å². The van der Waals surface area contributed by atoms with Crippen LogP contribution in [0.15, 0.2) is 0 Å². The molecule has 1 saturated heterocycles. The molecule has 0 aliphatic carbocycles. The van der Waals surface area contributed by atoms with E-state index in [1.807, 2.05) is 18.7 Å². The van der Waals surface area contributed by atoms with Crippen molar-refractivity contribution in [3.63, 3.8) is 0 Å². The van der Waals surface area contributed by atoms with E-state index in [1.54, 1.807) is 0 Å². The third-order valence-electron chi connectivity index (χ3n) is 3.34. The second-order valence-electron chi connectivity index (χ2n) is 6.65. The van der Waals surface area contributed by atoms with E-state index >= 15 is 0 Å². The molecule has 1 atom stereocenters. The number of nitrogens with zero attached hydrogens (tertiary/aromatic N) is 2. The van der Waals surface area contributed by atoms with Crippen LogP contribution < -0.4 is 5.73 Å². The molecule has 0 spiro atoms. The molecule has 0 unspecified atom stereocenters. The Balaban J connectivity index is 2.39. The van der Waals surface area contributed by atoms with Crippen LogP contribution in [0.25, 0.3) is 0 Å². The molecule has 1 rings (SSSR count). The molecule has 0 aromatic heterocycles. The highest BCUT2D eigenvalue weighted by Crippen LogP contribution is 2.11. The fraction of sp³-hybridized carbons (Fsp3) is 0.929. The van der Waals surface area contributed by atoms with Crippen LogP contribution in [0.3, 0.4) is 0 Å². The highest BCUT2D eigenvalue weighted by atomic mass is 16.3. The van der Waals surface area contributed by atoms with Crippen molar-refractivity contribution in [1.82, 2.24) is 9.80 Å². The first-order valence-electron chi connectivity index (χ1n) is 7.18. The average molecular weight is 271 g/mol. The van der Waals surface area contributed by atoms with Crippen molar-refractivity contribution in [2.45, 2.75) is 45.8 Å². The topological polar surface area (TPSA) is 69.8 Å². The molecule has 1 fully saturated rings. The minimum Gasteiger partial charge on any atom is -0.389 e. The lowest BCUT2D eigenvalue weighted by Gasteiger charge is -2.38. The summed E-state index contributed by atoms with van der Waals surface area (Å²) >= 11 is 0. The molecule has 19 heavy (non-hydrogen) atoms. The summed E-state index contributed by atoms with van der Waals surface area (Å²) < 4.78 is 0. The van der Waals surface area contributed by atoms with E-state index in [1.165, 1.54) is 0 Å². The smallest absolute Gasteiger partial charge is 0.239 e. The van der Waals surface area contributed by atoms with Gasteiger partial charge >= 0.3 is 0 Å². The average Bonchev–Trinajstić information content (AvgIpc) is 2.26. The fourth-order valence-corrected chi connectivity index (χ4v) is 2.52. The van der Waals surface area contributed by atoms with Crippen molar-refractivity contribution in [2.24, 2.45) is 11.7 Å². The van der Waals surface area contributed by atoms with Crippen LogP contribution in [0, 0.1) is 5.92 Å². The van der Waals surface area contributed by atoms with Gasteiger partial charge in [-0.3, -0.25) is 9.69 Å². The van der Waals surface area contributed by atoms with Crippen molar-refractivity contribution in [3.8, 4) is 0 Å². The van der Waals surface area contributed by atoms with Gasteiger partial charge in [-0.15, -0.1) is 0 Å². The molecule has 3 N–H and O–H groups in total. The Hall–Kier alpha value is -0.650. The van der Waals surface area contributed by atoms with Crippen molar-refractivity contribution in [3.05, 3.63) is 0 Å². The zero-order chi connectivity index (χ0) is 14.6. The fourth-order valence-electron chi connectivity index (χ4n) is 2.52. The Morgan fingerprint density at radius 3 is 2.21 bits per heavy atom. The third-order valence-corrected chi connectivity index (χ3v) is 3.34. The zero-order valence-electron chi connectivity index (χ0n) is 12.7. The maximum Gasteiger partial charge on any atom is 0.239 e. The second-order valence-corrected chi connectivity index (χ2v) is 6.65. The van der Waals surface area contributed by atoms with E-state index in [4.69, 9.17) is 5.73 Å². The van der Waals surface area contributed by atoms with Gasteiger partial charge in [-0.25, -0.2) is 0 Å². The highest BCUT2D eigenvalue weighted by Gasteiger charge is 2.27. The van der Waals surface area contributed by atoms with Crippen LogP contribution in [-0.4, -0.2) is 65.2 Å². The van der Waals surface area contributed by atoms with E-state index in [2.05, 4.69) is 18.7 Å². The molecule has 1 amide bonds. The molecule has 0 bridgehead atoms. The molecule has 0 radical (unpaired) electrons. The molecule has 112 valence electrons. The second kappa shape index (κ2) is 6.68. The number of hydrogen-bond donors (Lipinski definition) is 2. The van der Waals surface area contributed by atoms with Gasteiger partial charge < -0.3 is 15.7 Å². The number of carbonyl (C=O) groups excluding carboxylic acids is 1. The minimum absolute atomic E-state index is 0.0663. The lowest BCUT2D eigenvalue weighted by Crippen LogP contribution is -2.55. The lowest BCUT2D eigenvalue weighted by molar-refractivity contribution is -0.135. The summed E-state index contributed by atoms with van der Waals surface area (Å²) in [5, 5.41) is 9.79. The molecule has 1 aliphatic heterocycles. The number of β-amino-alcohol motifs (C(OH)–C–C–N with tert-alkyl or cyclic N) is 1. The Kier molecular flexibility index (Phi) is 5.77. The third kappa shape index (κ3) is 5.89. The van der Waals surface area contributed by atoms with Crippen LogP contribution >= 0.6 is 0 Å². The van der Waals surface area contributed by atoms with Gasteiger partial charge in [0.05, 0.1) is 11.6 Å². The number of piperazine rings is 1. The van der Waals surface area contributed by atoms with Crippen molar-refractivity contribution in [1.29, 1.82) is 0 Å². The lowest BCUT2D eigenvalue weighted by atomic mass is 10.0. The molecule has 5 nitrogen and oxygen atoms in total. The maximum absolute atomic E-state index is 12.2. The van der Waals surface area contributed by atoms with Crippen LogP contribution in [0.1, 0.15) is 34.1 Å². The molecule has 1 aliphatic rings. The first-order valence-corrected chi connectivity index (χ1v) is 7.18. The predicted molar refractivity (Wildman–Crippen MR) is 76.7 cm³/mol. The summed E-state index contributed by atoms with van der Waals surface area (Å²) in [6.45, 7) is 11.5. The van der Waals surface area contributed by atoms with E-state index in [0.29, 0.717) is 25.6 Å². The normalized spacial score (nSPS) is 19.8. The van der Waals surface area contributed by atoms with Crippen LogP contribution in [0.4, 0.5) is 0 Å². The van der Waals surface area contributed by atoms with Crippen molar-refractivity contribution >= 4 is 5.91 Å². The van der Waals surface area contributed by atoms with Crippen LogP contribution in [-0.2, 0) is 4.79 Å². The number of hydrogen-bond acceptors (Lipinski definition) is 4. The summed E-state index contributed by atoms with van der Waals surface area (Å²) in [5.74, 6) is 0.507. The molecule has 0 saturated carbocycles. The highest BCUT2D eigenvalue weighted by molar-refractivity contribution is 5.81. The summed E-state index contributed by atoms with van der Waals surface area (Å²) in [6, 6.07) is -0.374. The van der Waals surface area contributed by atoms with E-state index in [-0.39, 0.29) is 11.9 Å². The van der Waals surface area contributed by atoms with Gasteiger partial charge in [-0.05, 0) is 26.2 Å². The molecular weight excluding hydrogens is 242 g/mol. The quantitative estimate of drug-likeness (QED) is 0.753. The van der Waals surface area contributed by atoms with E-state index < -0.39 is 5.60 Å². The molecule has 5 heteroatoms. The summed E-state index contributed by atoms with van der Waals surface area (Å²) in [6.07, 6.45) is 0.739. The Bertz CT molecular complexity index is 292. The Morgan fingerprint density at radius 2 is 1.79 bits per heavy atom. The molecule has 0 aromatic carbocycles. The standard InChI is InChI=1S/C14H29N3O2/c1-11(2)9-12(15)13(18)17-7-5-16(6-8-17)10-14(3,4)19/h11-12,19H,5-10,15H2,1-4H3/t12-/m1/s1. The Labute approximate surface area is 116 Å². The number of amides is 1. The molecular formula is C14H29N3O2. The predicted octanol–water partition coefficient (Wildman–Crippen LogP) is 0.275. The van der Waals surface area contributed by atoms with Crippen LogP contribution in [0.5, 0.6) is 0 Å². The first kappa shape index (κ1) is 16.4. The van der Waals surface area contributed by atoms with Gasteiger partial charge in [-0.1, -0.05) is 13.8 Å². The van der Waals surface area contributed by atoms with Gasteiger partial charge in [0, 0.05) is 32.7 Å². The van der Waals surface area contributed by atoms with Gasteiger partial charge in [0.1, 0.15) is 0 Å². The molecule has 0 aromatic rings. The summed E-state index contributed by atoms with van der Waals surface area (Å²) in [4.78, 5) is 16.2. The monoisotopic (exact) mass is 271 g/mol. The van der Waals surface area contributed by atoms with Gasteiger partial charge in [0.25, 0.3) is 0 Å². The van der Waals surface area contributed by atoms with Gasteiger partial charge in [0.2, 0.25) is 5.91 Å². The van der Waals surface area contributed by atoms with E-state index in [0.717, 1.165) is 19.5 Å². The summed E-state index contributed by atoms with van der Waals surface area (Å²) in [5.41, 5.74) is 5.26. The first-order chi connectivity index (χ1) is 8.69. The number of rotatable bonds is 5. The summed E-state index contributed by atoms with van der Waals surface area (Å²) in [7, 11) is 0. The minimum atomic E-state index is -0.680. The maximum atomic E-state index is 12.2. The van der Waals surface area contributed by atoms with Crippen molar-refractivity contribution < 1.29 is 9.90 Å². The number of aliphatic hydroxyl groups is 1. The molecule has 1 heterocycles. The SMILES string of the molecule is CC(C)C[C@@H](N)C(=O)N1CCN(CC(C)(C)O)CC1. The number of nitrogens with two attached hydrogens (primary N) is 1. The largest absolute Gasteiger partial charge is 0.389 e. The van der Waals surface area contributed by atoms with Gasteiger partial charge in [0.15, 0.2) is 0 Å². The number of carbonyl (C=O) groups is 1. The van der Waals surface area contributed by atoms with Crippen molar-refractivity contribution in [2.75, 3.05) is 32.7 Å². The van der Waals surface area contributed by atoms with E-state index in [9.17, 15) is 9.90 Å². The van der Waals surface area contributed by atoms with Gasteiger partial charge in [-0.2, -0.15) is 0 Å². The Morgan fingerprint density at radius 1 is 1.26 bits per heavy atom.